The van der Waals surface area contributed by atoms with Crippen molar-refractivity contribution in [1.29, 1.82) is 0 Å². The summed E-state index contributed by atoms with van der Waals surface area (Å²) in [5, 5.41) is 6.45. The summed E-state index contributed by atoms with van der Waals surface area (Å²) in [5.74, 6) is -0.0842. The molecule has 0 unspecified atom stereocenters. The van der Waals surface area contributed by atoms with Gasteiger partial charge in [-0.05, 0) is 0 Å². The van der Waals surface area contributed by atoms with Crippen molar-refractivity contribution >= 4 is 11.6 Å². The fraction of sp³-hybridized carbons (Fsp3) is 0.333. The fourth-order valence-corrected chi connectivity index (χ4v) is 0.658. The van der Waals surface area contributed by atoms with E-state index in [1.807, 2.05) is 0 Å². The van der Waals surface area contributed by atoms with Crippen LogP contribution in [0.5, 0.6) is 0 Å². The molecule has 1 aromatic heterocycles. The van der Waals surface area contributed by atoms with E-state index < -0.39 is 0 Å². The number of nitrogens with zero attached hydrogens (tertiary/aromatic N) is 2. The minimum Gasteiger partial charge on any atom is -0.396 e. The van der Waals surface area contributed by atoms with Gasteiger partial charge in [-0.2, -0.15) is 5.10 Å². The van der Waals surface area contributed by atoms with E-state index in [4.69, 9.17) is 5.73 Å². The van der Waals surface area contributed by atoms with Gasteiger partial charge >= 0.3 is 0 Å². The van der Waals surface area contributed by atoms with Crippen molar-refractivity contribution < 1.29 is 4.79 Å². The Morgan fingerprint density at radius 2 is 2.64 bits per heavy atom. The first kappa shape index (κ1) is 7.59. The van der Waals surface area contributed by atoms with Crippen LogP contribution in [0.4, 0.5) is 5.69 Å². The zero-order valence-electron chi connectivity index (χ0n) is 6.24. The van der Waals surface area contributed by atoms with Gasteiger partial charge in [0.25, 0.3) is 0 Å². The van der Waals surface area contributed by atoms with Crippen molar-refractivity contribution in [3.05, 3.63) is 12.4 Å². The zero-order valence-corrected chi connectivity index (χ0v) is 6.24. The highest BCUT2D eigenvalue weighted by Gasteiger charge is 1.93. The number of amides is 1. The van der Waals surface area contributed by atoms with Crippen molar-refractivity contribution in [2.75, 3.05) is 5.73 Å². The molecule has 0 atom stereocenters. The molecule has 0 aliphatic heterocycles. The van der Waals surface area contributed by atoms with E-state index in [0.29, 0.717) is 12.4 Å². The molecule has 0 aromatic carbocycles. The number of anilines is 1. The lowest BCUT2D eigenvalue weighted by molar-refractivity contribution is -0.119. The Hall–Kier alpha value is -1.52. The van der Waals surface area contributed by atoms with E-state index >= 15 is 0 Å². The number of nitrogens with one attached hydrogen (secondary N) is 1. The number of rotatable bonds is 2. The molecule has 60 valence electrons. The Balaban J connectivity index is 2.45. The van der Waals surface area contributed by atoms with Gasteiger partial charge in [-0.25, -0.2) is 0 Å². The van der Waals surface area contributed by atoms with Gasteiger partial charge in [0.05, 0.1) is 11.9 Å². The highest BCUT2D eigenvalue weighted by Crippen LogP contribution is 1.95. The minimum atomic E-state index is -0.0842. The number of nitrogens with two attached hydrogens (primary N) is 1. The monoisotopic (exact) mass is 154 g/mol. The van der Waals surface area contributed by atoms with Gasteiger partial charge in [0, 0.05) is 13.1 Å². The number of aromatic nitrogens is 2. The molecular formula is C6H10N4O. The lowest BCUT2D eigenvalue weighted by Crippen LogP contribution is -2.23. The summed E-state index contributed by atoms with van der Waals surface area (Å²) in [4.78, 5) is 10.4. The zero-order chi connectivity index (χ0) is 8.27. The third kappa shape index (κ3) is 2.29. The van der Waals surface area contributed by atoms with E-state index in [2.05, 4.69) is 10.4 Å². The maximum Gasteiger partial charge on any atom is 0.218 e. The Labute approximate surface area is 64.2 Å². The van der Waals surface area contributed by atoms with E-state index in [-0.39, 0.29) is 5.91 Å². The quantitative estimate of drug-likeness (QED) is 0.606. The van der Waals surface area contributed by atoms with Crippen LogP contribution < -0.4 is 11.1 Å². The first-order chi connectivity index (χ1) is 5.18. The second-order valence-corrected chi connectivity index (χ2v) is 2.20. The van der Waals surface area contributed by atoms with Crippen molar-refractivity contribution in [3.8, 4) is 0 Å². The molecular weight excluding hydrogens is 144 g/mol. The topological polar surface area (TPSA) is 72.9 Å². The van der Waals surface area contributed by atoms with Gasteiger partial charge in [0.15, 0.2) is 0 Å². The predicted molar refractivity (Wildman–Crippen MR) is 40.5 cm³/mol. The van der Waals surface area contributed by atoms with Gasteiger partial charge in [0.1, 0.15) is 6.67 Å². The molecule has 0 fully saturated rings. The summed E-state index contributed by atoms with van der Waals surface area (Å²) in [7, 11) is 0. The molecule has 0 saturated carbocycles. The number of carbonyl (C=O) groups is 1. The second-order valence-electron chi connectivity index (χ2n) is 2.20. The second kappa shape index (κ2) is 3.05. The van der Waals surface area contributed by atoms with Gasteiger partial charge in [-0.1, -0.05) is 0 Å². The lowest BCUT2D eigenvalue weighted by atomic mass is 10.6. The molecule has 3 N–H and O–H groups in total. The molecule has 1 rings (SSSR count). The van der Waals surface area contributed by atoms with Crippen LogP contribution in [-0.4, -0.2) is 15.7 Å². The van der Waals surface area contributed by atoms with Gasteiger partial charge in [0.2, 0.25) is 5.91 Å². The Bertz CT molecular complexity index is 255. The van der Waals surface area contributed by atoms with Crippen LogP contribution in [-0.2, 0) is 11.5 Å². The molecule has 0 aliphatic carbocycles. The summed E-state index contributed by atoms with van der Waals surface area (Å²) in [5.41, 5.74) is 5.98. The maximum atomic E-state index is 10.4. The van der Waals surface area contributed by atoms with Crippen LogP contribution in [0, 0.1) is 0 Å². The third-order valence-corrected chi connectivity index (χ3v) is 1.14. The normalized spacial score (nSPS) is 9.55. The third-order valence-electron chi connectivity index (χ3n) is 1.14. The summed E-state index contributed by atoms with van der Waals surface area (Å²) in [6.45, 7) is 1.82. The predicted octanol–water partition coefficient (Wildman–Crippen LogP) is -0.441. The Morgan fingerprint density at radius 3 is 3.09 bits per heavy atom. The average Bonchev–Trinajstić information content (AvgIpc) is 2.31. The number of hydrogen-bond donors (Lipinski definition) is 2. The standard InChI is InChI=1S/C6H10N4O/c1-5(11)8-4-10-3-6(7)2-9-10/h2-3H,4,7H2,1H3,(H,8,11). The molecule has 5 heteroatoms. The molecule has 5 nitrogen and oxygen atoms in total. The summed E-state index contributed by atoms with van der Waals surface area (Å²) in [6.07, 6.45) is 3.18. The summed E-state index contributed by atoms with van der Waals surface area (Å²) >= 11 is 0. The fourth-order valence-electron chi connectivity index (χ4n) is 0.658. The molecule has 0 aliphatic rings. The van der Waals surface area contributed by atoms with Crippen molar-refractivity contribution in [2.45, 2.75) is 13.6 Å². The van der Waals surface area contributed by atoms with Crippen LogP contribution in [0.1, 0.15) is 6.92 Å². The van der Waals surface area contributed by atoms with Gasteiger partial charge in [-0.15, -0.1) is 0 Å². The average molecular weight is 154 g/mol. The minimum absolute atomic E-state index is 0.0842. The molecule has 11 heavy (non-hydrogen) atoms. The molecule has 0 saturated heterocycles. The van der Waals surface area contributed by atoms with Crippen LogP contribution in [0.2, 0.25) is 0 Å². The lowest BCUT2D eigenvalue weighted by Gasteiger charge is -1.99. The summed E-state index contributed by atoms with van der Waals surface area (Å²) in [6, 6.07) is 0. The highest BCUT2D eigenvalue weighted by atomic mass is 16.1. The first-order valence-corrected chi connectivity index (χ1v) is 3.21. The summed E-state index contributed by atoms with van der Waals surface area (Å²) < 4.78 is 1.55. The first-order valence-electron chi connectivity index (χ1n) is 3.21. The smallest absolute Gasteiger partial charge is 0.218 e. The Morgan fingerprint density at radius 1 is 1.91 bits per heavy atom. The van der Waals surface area contributed by atoms with Gasteiger partial charge in [-0.3, -0.25) is 9.48 Å². The van der Waals surface area contributed by atoms with E-state index in [1.165, 1.54) is 13.1 Å². The largest absolute Gasteiger partial charge is 0.396 e. The van der Waals surface area contributed by atoms with Crippen molar-refractivity contribution in [3.63, 3.8) is 0 Å². The molecule has 0 bridgehead atoms. The number of nitrogen functional groups attached to an aromatic ring is 1. The van der Waals surface area contributed by atoms with E-state index in [9.17, 15) is 4.79 Å². The van der Waals surface area contributed by atoms with E-state index in [1.54, 1.807) is 10.9 Å². The molecule has 1 amide bonds. The molecule has 1 heterocycles. The number of carbonyl (C=O) groups excluding carboxylic acids is 1. The van der Waals surface area contributed by atoms with Crippen LogP contribution in [0.15, 0.2) is 12.4 Å². The van der Waals surface area contributed by atoms with Crippen LogP contribution >= 0.6 is 0 Å². The molecule has 1 aromatic rings. The maximum absolute atomic E-state index is 10.4. The van der Waals surface area contributed by atoms with Crippen molar-refractivity contribution in [2.24, 2.45) is 0 Å². The van der Waals surface area contributed by atoms with E-state index in [0.717, 1.165) is 0 Å². The SMILES string of the molecule is CC(=O)NCn1cc(N)cn1. The molecule has 0 spiro atoms. The molecule has 0 radical (unpaired) electrons. The highest BCUT2D eigenvalue weighted by molar-refractivity contribution is 5.72. The van der Waals surface area contributed by atoms with Gasteiger partial charge < -0.3 is 11.1 Å². The van der Waals surface area contributed by atoms with Crippen LogP contribution in [0.3, 0.4) is 0 Å². The number of hydrogen-bond acceptors (Lipinski definition) is 3. The van der Waals surface area contributed by atoms with Crippen molar-refractivity contribution in [1.82, 2.24) is 15.1 Å². The van der Waals surface area contributed by atoms with Crippen LogP contribution in [0.25, 0.3) is 0 Å². The Kier molecular flexibility index (Phi) is 2.10.